The molecule has 0 saturated carbocycles. The van der Waals surface area contributed by atoms with Gasteiger partial charge in [0, 0.05) is 12.1 Å². The Bertz CT molecular complexity index is 929. The molecule has 0 heterocycles. The predicted molar refractivity (Wildman–Crippen MR) is 99.2 cm³/mol. The fourth-order valence-electron chi connectivity index (χ4n) is 2.32. The first-order valence-corrected chi connectivity index (χ1v) is 8.62. The van der Waals surface area contributed by atoms with Crippen LogP contribution in [0.2, 0.25) is 5.02 Å². The quantitative estimate of drug-likeness (QED) is 0.619. The summed E-state index contributed by atoms with van der Waals surface area (Å²) in [7, 11) is 0. The Labute approximate surface area is 169 Å². The molecule has 29 heavy (non-hydrogen) atoms. The summed E-state index contributed by atoms with van der Waals surface area (Å²) in [6, 6.07) is 8.83. The van der Waals surface area contributed by atoms with Crippen molar-refractivity contribution < 1.29 is 32.5 Å². The van der Waals surface area contributed by atoms with Crippen molar-refractivity contribution in [1.82, 2.24) is 0 Å². The minimum absolute atomic E-state index is 0.0214. The van der Waals surface area contributed by atoms with Crippen molar-refractivity contribution >= 4 is 23.3 Å². The number of nitrogens with zero attached hydrogens (tertiary/aromatic N) is 1. The number of rotatable bonds is 8. The van der Waals surface area contributed by atoms with Crippen LogP contribution in [-0.4, -0.2) is 30.3 Å². The largest absolute Gasteiger partial charge is 0.480 e. The predicted octanol–water partition coefficient (Wildman–Crippen LogP) is 4.92. The summed E-state index contributed by atoms with van der Waals surface area (Å²) < 4.78 is 48.8. The molecule has 0 fully saturated rings. The molecule has 10 heteroatoms. The molecule has 0 saturated heterocycles. The van der Waals surface area contributed by atoms with Gasteiger partial charge in [0.1, 0.15) is 24.2 Å². The van der Waals surface area contributed by atoms with Gasteiger partial charge in [0.25, 0.3) is 0 Å². The average Bonchev–Trinajstić information content (AvgIpc) is 2.62. The molecule has 1 unspecified atom stereocenters. The second-order valence-electron chi connectivity index (χ2n) is 6.02. The number of benzene rings is 2. The van der Waals surface area contributed by atoms with Crippen molar-refractivity contribution in [3.05, 3.63) is 52.5 Å². The van der Waals surface area contributed by atoms with Crippen molar-refractivity contribution in [3.63, 3.8) is 0 Å². The lowest BCUT2D eigenvalue weighted by atomic mass is 10.1. The van der Waals surface area contributed by atoms with Gasteiger partial charge in [0.05, 0.1) is 28.4 Å². The number of aliphatic carboxylic acids is 1. The Morgan fingerprint density at radius 2 is 2.03 bits per heavy atom. The van der Waals surface area contributed by atoms with E-state index in [0.29, 0.717) is 11.3 Å². The second-order valence-corrected chi connectivity index (χ2v) is 6.43. The molecule has 2 aromatic rings. The van der Waals surface area contributed by atoms with Crippen molar-refractivity contribution in [2.45, 2.75) is 19.1 Å². The third-order valence-electron chi connectivity index (χ3n) is 3.59. The van der Waals surface area contributed by atoms with E-state index in [0.717, 1.165) is 18.2 Å². The molecule has 0 aliphatic rings. The van der Waals surface area contributed by atoms with Crippen LogP contribution in [0.4, 0.5) is 18.9 Å². The fraction of sp³-hybridized carbons (Fsp3) is 0.263. The van der Waals surface area contributed by atoms with Crippen LogP contribution in [-0.2, 0) is 15.7 Å². The van der Waals surface area contributed by atoms with Gasteiger partial charge in [-0.3, -0.25) is 0 Å². The van der Waals surface area contributed by atoms with E-state index in [4.69, 9.17) is 26.2 Å². The zero-order valence-corrected chi connectivity index (χ0v) is 15.8. The lowest BCUT2D eigenvalue weighted by molar-refractivity contribution is -0.142. The van der Waals surface area contributed by atoms with Crippen molar-refractivity contribution in [3.8, 4) is 17.6 Å². The third-order valence-corrected chi connectivity index (χ3v) is 3.89. The number of carboxylic acids is 1. The highest BCUT2D eigenvalue weighted by Crippen LogP contribution is 2.37. The highest BCUT2D eigenvalue weighted by atomic mass is 35.5. The summed E-state index contributed by atoms with van der Waals surface area (Å²) in [5, 5.41) is 20.6. The molecule has 1 atom stereocenters. The molecule has 0 aliphatic heterocycles. The molecule has 0 aromatic heterocycles. The van der Waals surface area contributed by atoms with Crippen LogP contribution in [0.5, 0.6) is 11.5 Å². The van der Waals surface area contributed by atoms with Crippen LogP contribution in [0.1, 0.15) is 18.1 Å². The zero-order valence-electron chi connectivity index (χ0n) is 15.1. The smallest absolute Gasteiger partial charge is 0.416 e. The lowest BCUT2D eigenvalue weighted by Gasteiger charge is -2.17. The number of alkyl halides is 3. The van der Waals surface area contributed by atoms with Crippen LogP contribution < -0.4 is 10.1 Å². The molecule has 0 bridgehead atoms. The fourth-order valence-corrected chi connectivity index (χ4v) is 2.54. The van der Waals surface area contributed by atoms with E-state index in [1.54, 1.807) is 6.92 Å². The maximum Gasteiger partial charge on any atom is 0.416 e. The normalized spacial score (nSPS) is 12.1. The molecule has 0 amide bonds. The van der Waals surface area contributed by atoms with E-state index < -0.39 is 24.3 Å². The number of anilines is 1. The number of hydrogen-bond acceptors (Lipinski definition) is 5. The molecule has 2 aromatic carbocycles. The minimum Gasteiger partial charge on any atom is -0.480 e. The number of carbonyl (C=O) groups is 1. The number of nitriles is 1. The van der Waals surface area contributed by atoms with E-state index in [1.165, 1.54) is 18.2 Å². The molecule has 2 rings (SSSR count). The maximum atomic E-state index is 12.7. The van der Waals surface area contributed by atoms with Gasteiger partial charge < -0.3 is 19.9 Å². The first kappa shape index (κ1) is 22.3. The summed E-state index contributed by atoms with van der Waals surface area (Å²) in [5.74, 6) is -0.835. The number of hydrogen-bond donors (Lipinski definition) is 2. The summed E-state index contributed by atoms with van der Waals surface area (Å²) in [6.07, 6.45) is -4.52. The first-order valence-electron chi connectivity index (χ1n) is 8.25. The summed E-state index contributed by atoms with van der Waals surface area (Å²) in [6.45, 7) is 1.35. The van der Waals surface area contributed by atoms with Crippen LogP contribution >= 0.6 is 11.6 Å². The van der Waals surface area contributed by atoms with Crippen molar-refractivity contribution in [2.24, 2.45) is 0 Å². The monoisotopic (exact) mass is 428 g/mol. The molecule has 6 nitrogen and oxygen atoms in total. The Balaban J connectivity index is 2.16. The first-order chi connectivity index (χ1) is 13.6. The molecule has 0 spiro atoms. The van der Waals surface area contributed by atoms with E-state index in [9.17, 15) is 23.2 Å². The van der Waals surface area contributed by atoms with Gasteiger partial charge >= 0.3 is 12.1 Å². The lowest BCUT2D eigenvalue weighted by Crippen LogP contribution is -2.24. The molecule has 0 radical (unpaired) electrons. The van der Waals surface area contributed by atoms with Crippen LogP contribution in [0.3, 0.4) is 0 Å². The van der Waals surface area contributed by atoms with Gasteiger partial charge in [-0.2, -0.15) is 18.4 Å². The SMILES string of the molecule is CC(COCC(=O)O)Nc1cc(Oc2ccc(C(F)(F)F)cc2Cl)ccc1C#N. The van der Waals surface area contributed by atoms with E-state index in [2.05, 4.69) is 5.32 Å². The van der Waals surface area contributed by atoms with Crippen LogP contribution in [0.15, 0.2) is 36.4 Å². The Kier molecular flexibility index (Phi) is 7.31. The van der Waals surface area contributed by atoms with Crippen LogP contribution in [0, 0.1) is 11.3 Å². The van der Waals surface area contributed by atoms with E-state index in [-0.39, 0.29) is 29.2 Å². The zero-order chi connectivity index (χ0) is 21.6. The van der Waals surface area contributed by atoms with Gasteiger partial charge in [-0.15, -0.1) is 0 Å². The molecular formula is C19H16ClF3N2O4. The molecule has 2 N–H and O–H groups in total. The van der Waals surface area contributed by atoms with E-state index >= 15 is 0 Å². The Morgan fingerprint density at radius 1 is 1.31 bits per heavy atom. The topological polar surface area (TPSA) is 91.6 Å². The maximum absolute atomic E-state index is 12.7. The molecule has 154 valence electrons. The second kappa shape index (κ2) is 9.49. The molecule has 0 aliphatic carbocycles. The Hall–Kier alpha value is -2.96. The van der Waals surface area contributed by atoms with Gasteiger partial charge in [0.15, 0.2) is 0 Å². The minimum atomic E-state index is -4.52. The highest BCUT2D eigenvalue weighted by Gasteiger charge is 2.31. The third kappa shape index (κ3) is 6.55. The molecular weight excluding hydrogens is 413 g/mol. The number of halogens is 4. The van der Waals surface area contributed by atoms with Gasteiger partial charge in [-0.25, -0.2) is 4.79 Å². The van der Waals surface area contributed by atoms with E-state index in [1.807, 2.05) is 6.07 Å². The van der Waals surface area contributed by atoms with Gasteiger partial charge in [0.2, 0.25) is 0 Å². The summed E-state index contributed by atoms with van der Waals surface area (Å²) >= 11 is 5.89. The van der Waals surface area contributed by atoms with Crippen LogP contribution in [0.25, 0.3) is 0 Å². The van der Waals surface area contributed by atoms with Gasteiger partial charge in [-0.1, -0.05) is 11.6 Å². The Morgan fingerprint density at radius 3 is 2.62 bits per heavy atom. The average molecular weight is 429 g/mol. The standard InChI is InChI=1S/C19H16ClF3N2O4/c1-11(9-28-10-18(26)27)25-16-7-14(4-2-12(16)8-24)29-17-5-3-13(6-15(17)20)19(21,22)23/h2-7,11,25H,9-10H2,1H3,(H,26,27). The van der Waals surface area contributed by atoms with Crippen molar-refractivity contribution in [2.75, 3.05) is 18.5 Å². The van der Waals surface area contributed by atoms with Gasteiger partial charge in [-0.05, 0) is 37.3 Å². The number of nitrogens with one attached hydrogen (secondary N) is 1. The number of carboxylic acid groups (broad SMARTS) is 1. The highest BCUT2D eigenvalue weighted by molar-refractivity contribution is 6.32. The summed E-state index contributed by atoms with van der Waals surface area (Å²) in [4.78, 5) is 10.5. The number of ether oxygens (including phenoxy) is 2. The summed E-state index contributed by atoms with van der Waals surface area (Å²) in [5.41, 5.74) is -0.215. The van der Waals surface area contributed by atoms with Crippen molar-refractivity contribution in [1.29, 1.82) is 5.26 Å².